The smallest absolute Gasteiger partial charge is 0.257 e. The summed E-state index contributed by atoms with van der Waals surface area (Å²) in [5, 5.41) is 5.71. The Kier molecular flexibility index (Phi) is 8.89. The number of thiophene rings is 1. The number of nitrogens with zero attached hydrogens (tertiary/aromatic N) is 4. The van der Waals surface area contributed by atoms with E-state index in [1.54, 1.807) is 19.5 Å². The Morgan fingerprint density at radius 1 is 1.16 bits per heavy atom. The van der Waals surface area contributed by atoms with Gasteiger partial charge in [-0.1, -0.05) is 19.4 Å². The van der Waals surface area contributed by atoms with Crippen molar-refractivity contribution in [3.63, 3.8) is 0 Å². The van der Waals surface area contributed by atoms with E-state index in [9.17, 15) is 9.59 Å². The molecule has 1 aliphatic heterocycles. The van der Waals surface area contributed by atoms with Crippen molar-refractivity contribution in [2.24, 2.45) is 0 Å². The van der Waals surface area contributed by atoms with Crippen molar-refractivity contribution in [3.05, 3.63) is 47.6 Å². The molecule has 3 heterocycles. The van der Waals surface area contributed by atoms with Crippen molar-refractivity contribution in [1.82, 2.24) is 19.8 Å². The number of rotatable bonds is 9. The van der Waals surface area contributed by atoms with Gasteiger partial charge in [-0.25, -0.2) is 4.98 Å². The first-order chi connectivity index (χ1) is 17.9. The van der Waals surface area contributed by atoms with E-state index >= 15 is 0 Å². The van der Waals surface area contributed by atoms with E-state index in [1.807, 2.05) is 41.6 Å². The first-order valence-corrected chi connectivity index (χ1v) is 13.6. The van der Waals surface area contributed by atoms with Crippen molar-refractivity contribution >= 4 is 28.2 Å². The molecule has 0 unspecified atom stereocenters. The van der Waals surface area contributed by atoms with Gasteiger partial charge in [0.2, 0.25) is 5.91 Å². The van der Waals surface area contributed by atoms with E-state index in [2.05, 4.69) is 29.2 Å². The standard InChI is InChI=1S/C28H35N5O3S/c1-5-6-7-26(34)31-27-15-20(18-37-27)24-17-29-16-23(30-24)19-8-9-22(25(14-19)36-4)28(35)33(3)21-10-12-32(2)13-11-21/h8-9,14-18,21H,5-7,10-13H2,1-4H3,(H,31,34). The highest BCUT2D eigenvalue weighted by Gasteiger charge is 2.26. The molecule has 37 heavy (non-hydrogen) atoms. The third kappa shape index (κ3) is 6.53. The molecular weight excluding hydrogens is 486 g/mol. The highest BCUT2D eigenvalue weighted by Crippen LogP contribution is 2.31. The lowest BCUT2D eigenvalue weighted by Crippen LogP contribution is -2.44. The SMILES string of the molecule is CCCCC(=O)Nc1cc(-c2cncc(-c3ccc(C(=O)N(C)C4CCN(C)CC4)c(OC)c3)n2)cs1. The molecule has 0 aliphatic carbocycles. The number of likely N-dealkylation sites (tertiary alicyclic amines) is 1. The van der Waals surface area contributed by atoms with Gasteiger partial charge in [0.05, 0.1) is 41.5 Å². The Morgan fingerprint density at radius 3 is 2.59 bits per heavy atom. The number of hydrogen-bond donors (Lipinski definition) is 1. The normalized spacial score (nSPS) is 14.4. The van der Waals surface area contributed by atoms with Crippen LogP contribution in [-0.4, -0.2) is 71.9 Å². The zero-order chi connectivity index (χ0) is 26.4. The van der Waals surface area contributed by atoms with Crippen LogP contribution in [0.5, 0.6) is 5.75 Å². The summed E-state index contributed by atoms with van der Waals surface area (Å²) < 4.78 is 5.62. The monoisotopic (exact) mass is 521 g/mol. The summed E-state index contributed by atoms with van der Waals surface area (Å²) in [6.45, 7) is 4.05. The van der Waals surface area contributed by atoms with Gasteiger partial charge in [0.15, 0.2) is 0 Å². The highest BCUT2D eigenvalue weighted by atomic mass is 32.1. The van der Waals surface area contributed by atoms with Crippen LogP contribution in [0.1, 0.15) is 49.4 Å². The van der Waals surface area contributed by atoms with Gasteiger partial charge in [0, 0.05) is 36.0 Å². The zero-order valence-corrected chi connectivity index (χ0v) is 22.8. The molecule has 2 amide bonds. The van der Waals surface area contributed by atoms with E-state index in [0.29, 0.717) is 29.1 Å². The van der Waals surface area contributed by atoms with Crippen LogP contribution in [0.25, 0.3) is 22.5 Å². The Hall–Kier alpha value is -3.30. The van der Waals surface area contributed by atoms with Crippen LogP contribution < -0.4 is 10.1 Å². The summed E-state index contributed by atoms with van der Waals surface area (Å²) in [6.07, 6.45) is 7.72. The number of methoxy groups -OCH3 is 1. The summed E-state index contributed by atoms with van der Waals surface area (Å²) in [6, 6.07) is 7.69. The second-order valence-corrected chi connectivity index (χ2v) is 10.4. The van der Waals surface area contributed by atoms with Crippen LogP contribution in [-0.2, 0) is 4.79 Å². The van der Waals surface area contributed by atoms with E-state index in [-0.39, 0.29) is 17.9 Å². The number of anilines is 1. The third-order valence-electron chi connectivity index (χ3n) is 6.83. The quantitative estimate of drug-likeness (QED) is 0.418. The van der Waals surface area contributed by atoms with E-state index in [4.69, 9.17) is 9.72 Å². The maximum Gasteiger partial charge on any atom is 0.257 e. The second-order valence-electron chi connectivity index (χ2n) is 9.51. The highest BCUT2D eigenvalue weighted by molar-refractivity contribution is 7.14. The zero-order valence-electron chi connectivity index (χ0n) is 22.0. The number of piperidine rings is 1. The first kappa shape index (κ1) is 26.8. The Morgan fingerprint density at radius 2 is 1.89 bits per heavy atom. The average Bonchev–Trinajstić information content (AvgIpc) is 3.39. The molecular formula is C28H35N5O3S. The molecule has 0 saturated carbocycles. The summed E-state index contributed by atoms with van der Waals surface area (Å²) in [5.41, 5.74) is 3.64. The number of carbonyl (C=O) groups is 2. The molecule has 8 nitrogen and oxygen atoms in total. The van der Waals surface area contributed by atoms with Crippen molar-refractivity contribution < 1.29 is 14.3 Å². The molecule has 1 aliphatic rings. The molecule has 1 saturated heterocycles. The molecule has 1 N–H and O–H groups in total. The summed E-state index contributed by atoms with van der Waals surface area (Å²) in [5.74, 6) is 0.505. The minimum atomic E-state index is -0.0374. The number of amides is 2. The van der Waals surface area contributed by atoms with Gasteiger partial charge in [-0.3, -0.25) is 14.6 Å². The van der Waals surface area contributed by atoms with Gasteiger partial charge in [-0.05, 0) is 57.6 Å². The minimum Gasteiger partial charge on any atom is -0.496 e. The predicted molar refractivity (Wildman–Crippen MR) is 148 cm³/mol. The summed E-state index contributed by atoms with van der Waals surface area (Å²) >= 11 is 1.47. The molecule has 2 aromatic heterocycles. The Bertz CT molecular complexity index is 1240. The molecule has 9 heteroatoms. The molecule has 3 aromatic rings. The fourth-order valence-corrected chi connectivity index (χ4v) is 5.29. The van der Waals surface area contributed by atoms with Crippen molar-refractivity contribution in [1.29, 1.82) is 0 Å². The van der Waals surface area contributed by atoms with Gasteiger partial charge in [0.25, 0.3) is 5.91 Å². The third-order valence-corrected chi connectivity index (χ3v) is 7.68. The second kappa shape index (κ2) is 12.3. The predicted octanol–water partition coefficient (Wildman–Crippen LogP) is 5.18. The van der Waals surface area contributed by atoms with Gasteiger partial charge >= 0.3 is 0 Å². The molecule has 0 radical (unpaired) electrons. The Balaban J connectivity index is 1.51. The lowest BCUT2D eigenvalue weighted by atomic mass is 10.0. The van der Waals surface area contributed by atoms with Gasteiger partial charge < -0.3 is 19.9 Å². The molecule has 1 aromatic carbocycles. The molecule has 4 rings (SSSR count). The van der Waals surface area contributed by atoms with Crippen molar-refractivity contribution in [3.8, 4) is 28.3 Å². The van der Waals surface area contributed by atoms with Crippen LogP contribution in [0.15, 0.2) is 42.0 Å². The largest absolute Gasteiger partial charge is 0.496 e. The number of carbonyl (C=O) groups excluding carboxylic acids is 2. The molecule has 0 atom stereocenters. The van der Waals surface area contributed by atoms with E-state index in [1.165, 1.54) is 11.3 Å². The number of aromatic nitrogens is 2. The number of ether oxygens (including phenoxy) is 1. The summed E-state index contributed by atoms with van der Waals surface area (Å²) in [4.78, 5) is 38.7. The van der Waals surface area contributed by atoms with E-state index in [0.717, 1.165) is 54.9 Å². The number of unbranched alkanes of at least 4 members (excludes halogenated alkanes) is 1. The number of hydrogen-bond acceptors (Lipinski definition) is 7. The van der Waals surface area contributed by atoms with Crippen molar-refractivity contribution in [2.75, 3.05) is 39.6 Å². The van der Waals surface area contributed by atoms with Crippen molar-refractivity contribution in [2.45, 2.75) is 45.1 Å². The van der Waals surface area contributed by atoms with Crippen LogP contribution in [0, 0.1) is 0 Å². The Labute approximate surface area is 222 Å². The number of benzene rings is 1. The van der Waals surface area contributed by atoms with Gasteiger partial charge in [-0.15, -0.1) is 11.3 Å². The average molecular weight is 522 g/mol. The lowest BCUT2D eigenvalue weighted by molar-refractivity contribution is -0.116. The van der Waals surface area contributed by atoms with Gasteiger partial charge in [0.1, 0.15) is 5.75 Å². The van der Waals surface area contributed by atoms with Crippen LogP contribution in [0.2, 0.25) is 0 Å². The van der Waals surface area contributed by atoms with Crippen LogP contribution >= 0.6 is 11.3 Å². The van der Waals surface area contributed by atoms with Crippen LogP contribution in [0.3, 0.4) is 0 Å². The molecule has 0 bridgehead atoms. The molecule has 1 fully saturated rings. The number of nitrogens with one attached hydrogen (secondary N) is 1. The maximum atomic E-state index is 13.3. The van der Waals surface area contributed by atoms with E-state index < -0.39 is 0 Å². The van der Waals surface area contributed by atoms with Crippen LogP contribution in [0.4, 0.5) is 5.00 Å². The molecule has 196 valence electrons. The summed E-state index contributed by atoms with van der Waals surface area (Å²) in [7, 11) is 5.57. The molecule has 0 spiro atoms. The fraction of sp³-hybridized carbons (Fsp3) is 0.429. The topological polar surface area (TPSA) is 87.7 Å². The van der Waals surface area contributed by atoms with Gasteiger partial charge in [-0.2, -0.15) is 0 Å². The minimum absolute atomic E-state index is 0.0262. The fourth-order valence-electron chi connectivity index (χ4n) is 4.48. The lowest BCUT2D eigenvalue weighted by Gasteiger charge is -2.35. The first-order valence-electron chi connectivity index (χ1n) is 12.7. The maximum absolute atomic E-state index is 13.3.